The third-order valence-corrected chi connectivity index (χ3v) is 2.76. The van der Waals surface area contributed by atoms with Gasteiger partial charge in [0.25, 0.3) is 0 Å². The second-order valence-corrected chi connectivity index (χ2v) is 4.32. The predicted octanol–water partition coefficient (Wildman–Crippen LogP) is 4.00. The van der Waals surface area contributed by atoms with Crippen molar-refractivity contribution < 1.29 is 18.3 Å². The second kappa shape index (κ2) is 5.42. The zero-order valence-electron chi connectivity index (χ0n) is 10.3. The van der Waals surface area contributed by atoms with Crippen LogP contribution in [0.15, 0.2) is 18.2 Å². The van der Waals surface area contributed by atoms with Crippen LogP contribution >= 0.6 is 0 Å². The van der Waals surface area contributed by atoms with Crippen LogP contribution in [0.5, 0.6) is 11.5 Å². The first-order valence-electron chi connectivity index (χ1n) is 6.24. The molecule has 0 saturated heterocycles. The van der Waals surface area contributed by atoms with Crippen LogP contribution in [-0.4, -0.2) is 12.8 Å². The summed E-state index contributed by atoms with van der Waals surface area (Å²) in [5.41, 5.74) is 0.770. The van der Waals surface area contributed by atoms with E-state index in [0.717, 1.165) is 18.7 Å². The third-order valence-electron chi connectivity index (χ3n) is 2.76. The average molecular weight is 257 g/mol. The van der Waals surface area contributed by atoms with E-state index in [4.69, 9.17) is 0 Å². The number of anilines is 1. The first-order chi connectivity index (χ1) is 8.61. The summed E-state index contributed by atoms with van der Waals surface area (Å²) in [5.74, 6) is 0.162. The van der Waals surface area contributed by atoms with Gasteiger partial charge in [0.15, 0.2) is 11.5 Å². The van der Waals surface area contributed by atoms with Crippen molar-refractivity contribution in [2.75, 3.05) is 11.9 Å². The standard InChI is InChI=1S/C13H17F2NO2/c1-2-3-4-5-8-16-10-6-7-11-12(9-10)18-13(14,15)17-11/h6-7,9,16H,2-5,8H2,1H3. The quantitative estimate of drug-likeness (QED) is 0.781. The van der Waals surface area contributed by atoms with Crippen LogP contribution in [0.3, 0.4) is 0 Å². The highest BCUT2D eigenvalue weighted by molar-refractivity contribution is 5.55. The molecule has 3 nitrogen and oxygen atoms in total. The number of halogens is 2. The fourth-order valence-electron chi connectivity index (χ4n) is 1.84. The summed E-state index contributed by atoms with van der Waals surface area (Å²) in [6.07, 6.45) is 1.11. The van der Waals surface area contributed by atoms with Crippen molar-refractivity contribution in [2.24, 2.45) is 0 Å². The highest BCUT2D eigenvalue weighted by atomic mass is 19.3. The molecule has 0 fully saturated rings. The molecule has 5 heteroatoms. The van der Waals surface area contributed by atoms with Gasteiger partial charge >= 0.3 is 6.29 Å². The summed E-state index contributed by atoms with van der Waals surface area (Å²) < 4.78 is 34.3. The van der Waals surface area contributed by atoms with Gasteiger partial charge in [-0.25, -0.2) is 0 Å². The van der Waals surface area contributed by atoms with Crippen molar-refractivity contribution >= 4 is 5.69 Å². The molecule has 0 saturated carbocycles. The molecule has 18 heavy (non-hydrogen) atoms. The highest BCUT2D eigenvalue weighted by Crippen LogP contribution is 2.42. The Morgan fingerprint density at radius 3 is 2.67 bits per heavy atom. The zero-order valence-corrected chi connectivity index (χ0v) is 10.3. The molecule has 0 radical (unpaired) electrons. The maximum atomic E-state index is 12.8. The average Bonchev–Trinajstić information content (AvgIpc) is 2.62. The summed E-state index contributed by atoms with van der Waals surface area (Å²) >= 11 is 0. The van der Waals surface area contributed by atoms with Gasteiger partial charge in [0.05, 0.1) is 0 Å². The van der Waals surface area contributed by atoms with E-state index in [2.05, 4.69) is 21.7 Å². The number of hydrogen-bond donors (Lipinski definition) is 1. The number of rotatable bonds is 6. The molecule has 0 unspecified atom stereocenters. The smallest absolute Gasteiger partial charge is 0.395 e. The molecule has 1 aliphatic rings. The van der Waals surface area contributed by atoms with Crippen molar-refractivity contribution in [2.45, 2.75) is 38.9 Å². The Kier molecular flexibility index (Phi) is 3.89. The van der Waals surface area contributed by atoms with Crippen molar-refractivity contribution in [1.82, 2.24) is 0 Å². The topological polar surface area (TPSA) is 30.5 Å². The van der Waals surface area contributed by atoms with E-state index in [1.165, 1.54) is 31.4 Å². The summed E-state index contributed by atoms with van der Waals surface area (Å²) in [6, 6.07) is 4.74. The summed E-state index contributed by atoms with van der Waals surface area (Å²) in [7, 11) is 0. The van der Waals surface area contributed by atoms with Crippen LogP contribution in [0, 0.1) is 0 Å². The van der Waals surface area contributed by atoms with Crippen LogP contribution in [-0.2, 0) is 0 Å². The fraction of sp³-hybridized carbons (Fsp3) is 0.538. The SMILES string of the molecule is CCCCCCNc1ccc2c(c1)OC(F)(F)O2. The van der Waals surface area contributed by atoms with Gasteiger partial charge in [-0.15, -0.1) is 8.78 Å². The van der Waals surface area contributed by atoms with Gasteiger partial charge in [0.2, 0.25) is 0 Å². The molecule has 1 aliphatic heterocycles. The van der Waals surface area contributed by atoms with Crippen LogP contribution in [0.4, 0.5) is 14.5 Å². The lowest BCUT2D eigenvalue weighted by atomic mass is 10.2. The minimum absolute atomic E-state index is 0.0801. The molecule has 1 aromatic carbocycles. The van der Waals surface area contributed by atoms with E-state index in [0.29, 0.717) is 0 Å². The normalized spacial score (nSPS) is 15.7. The van der Waals surface area contributed by atoms with Gasteiger partial charge in [-0.1, -0.05) is 26.2 Å². The summed E-state index contributed by atoms with van der Waals surface area (Å²) in [4.78, 5) is 0. The Bertz CT molecular complexity index is 410. The Balaban J connectivity index is 1.85. The first kappa shape index (κ1) is 12.9. The van der Waals surface area contributed by atoms with Gasteiger partial charge < -0.3 is 14.8 Å². The second-order valence-electron chi connectivity index (χ2n) is 4.32. The molecule has 0 atom stereocenters. The van der Waals surface area contributed by atoms with Gasteiger partial charge in [-0.3, -0.25) is 0 Å². The Morgan fingerprint density at radius 1 is 1.11 bits per heavy atom. The number of fused-ring (bicyclic) bond motifs is 1. The van der Waals surface area contributed by atoms with E-state index in [1.54, 1.807) is 6.07 Å². The van der Waals surface area contributed by atoms with E-state index in [-0.39, 0.29) is 11.5 Å². The lowest BCUT2D eigenvalue weighted by molar-refractivity contribution is -0.286. The number of benzene rings is 1. The third kappa shape index (κ3) is 3.24. The van der Waals surface area contributed by atoms with Crippen LogP contribution in [0.25, 0.3) is 0 Å². The van der Waals surface area contributed by atoms with E-state index in [1.807, 2.05) is 0 Å². The molecule has 0 bridgehead atoms. The molecule has 1 N–H and O–H groups in total. The molecule has 2 rings (SSSR count). The largest absolute Gasteiger partial charge is 0.586 e. The highest BCUT2D eigenvalue weighted by Gasteiger charge is 2.43. The number of ether oxygens (including phenoxy) is 2. The molecular formula is C13H17F2NO2. The molecule has 1 aromatic rings. The summed E-state index contributed by atoms with van der Waals surface area (Å²) in [5, 5.41) is 3.18. The number of nitrogens with one attached hydrogen (secondary N) is 1. The molecule has 0 spiro atoms. The van der Waals surface area contributed by atoms with Crippen LogP contribution < -0.4 is 14.8 Å². The van der Waals surface area contributed by atoms with Crippen molar-refractivity contribution in [3.05, 3.63) is 18.2 Å². The Labute approximate surface area is 105 Å². The molecule has 100 valence electrons. The lowest BCUT2D eigenvalue weighted by Gasteiger charge is -2.06. The Hall–Kier alpha value is -1.52. The van der Waals surface area contributed by atoms with E-state index in [9.17, 15) is 8.78 Å². The minimum atomic E-state index is -3.54. The van der Waals surface area contributed by atoms with Gasteiger partial charge in [-0.05, 0) is 18.6 Å². The summed E-state index contributed by atoms with van der Waals surface area (Å²) in [6.45, 7) is 2.99. The van der Waals surface area contributed by atoms with Gasteiger partial charge in [0, 0.05) is 18.3 Å². The van der Waals surface area contributed by atoms with Gasteiger partial charge in [-0.2, -0.15) is 0 Å². The lowest BCUT2D eigenvalue weighted by Crippen LogP contribution is -2.25. The van der Waals surface area contributed by atoms with E-state index < -0.39 is 6.29 Å². The molecule has 0 amide bonds. The molecule has 0 aromatic heterocycles. The molecule has 1 heterocycles. The fourth-order valence-corrected chi connectivity index (χ4v) is 1.84. The van der Waals surface area contributed by atoms with Crippen molar-refractivity contribution in [1.29, 1.82) is 0 Å². The van der Waals surface area contributed by atoms with Crippen LogP contribution in [0.2, 0.25) is 0 Å². The van der Waals surface area contributed by atoms with Crippen molar-refractivity contribution in [3.63, 3.8) is 0 Å². The first-order valence-corrected chi connectivity index (χ1v) is 6.24. The molecular weight excluding hydrogens is 240 g/mol. The monoisotopic (exact) mass is 257 g/mol. The number of hydrogen-bond acceptors (Lipinski definition) is 3. The zero-order chi connectivity index (χ0) is 13.0. The van der Waals surface area contributed by atoms with Gasteiger partial charge in [0.1, 0.15) is 0 Å². The minimum Gasteiger partial charge on any atom is -0.395 e. The van der Waals surface area contributed by atoms with Crippen LogP contribution in [0.1, 0.15) is 32.6 Å². The number of alkyl halides is 2. The predicted molar refractivity (Wildman–Crippen MR) is 65.3 cm³/mol. The van der Waals surface area contributed by atoms with E-state index >= 15 is 0 Å². The number of unbranched alkanes of at least 4 members (excludes halogenated alkanes) is 3. The molecule has 0 aliphatic carbocycles. The maximum Gasteiger partial charge on any atom is 0.586 e. The Morgan fingerprint density at radius 2 is 1.89 bits per heavy atom. The maximum absolute atomic E-state index is 12.8. The van der Waals surface area contributed by atoms with Crippen molar-refractivity contribution in [3.8, 4) is 11.5 Å².